The van der Waals surface area contributed by atoms with E-state index in [-0.39, 0.29) is 18.2 Å². The molecule has 170 valence electrons. The van der Waals surface area contributed by atoms with E-state index in [4.69, 9.17) is 15.2 Å². The van der Waals surface area contributed by atoms with Crippen LogP contribution in [-0.4, -0.2) is 43.8 Å². The fourth-order valence-corrected chi connectivity index (χ4v) is 3.99. The molecule has 1 aliphatic carbocycles. The van der Waals surface area contributed by atoms with Crippen LogP contribution >= 0.6 is 0 Å². The minimum Gasteiger partial charge on any atom is -0.467 e. The quantitative estimate of drug-likeness (QED) is 0.386. The first-order valence-electron chi connectivity index (χ1n) is 10.8. The summed E-state index contributed by atoms with van der Waals surface area (Å²) in [4.78, 5) is 39.2. The highest BCUT2D eigenvalue weighted by Gasteiger charge is 2.31. The summed E-state index contributed by atoms with van der Waals surface area (Å²) in [6, 6.07) is 14.7. The number of hydrogen-bond acceptors (Lipinski definition) is 7. The van der Waals surface area contributed by atoms with E-state index in [2.05, 4.69) is 10.2 Å². The summed E-state index contributed by atoms with van der Waals surface area (Å²) in [5.74, 6) is -1.44. The Labute approximate surface area is 187 Å². The number of nitrogens with two attached hydrogens (primary N) is 1. The van der Waals surface area contributed by atoms with Gasteiger partial charge in [0, 0.05) is 12.6 Å². The maximum absolute atomic E-state index is 12.5. The second kappa shape index (κ2) is 11.2. The highest BCUT2D eigenvalue weighted by atomic mass is 16.6. The molecule has 0 unspecified atom stereocenters. The largest absolute Gasteiger partial charge is 0.467 e. The number of hydrogen-bond donors (Lipinski definition) is 2. The molecule has 1 aliphatic rings. The van der Waals surface area contributed by atoms with Gasteiger partial charge in [-0.1, -0.05) is 49.6 Å². The maximum Gasteiger partial charge on any atom is 0.415 e. The Morgan fingerprint density at radius 2 is 1.69 bits per heavy atom. The number of ether oxygens (including phenoxy) is 2. The van der Waals surface area contributed by atoms with Gasteiger partial charge in [-0.2, -0.15) is 0 Å². The molecule has 0 spiro atoms. The van der Waals surface area contributed by atoms with E-state index in [1.54, 1.807) is 24.3 Å². The highest BCUT2D eigenvalue weighted by Crippen LogP contribution is 2.31. The Morgan fingerprint density at radius 1 is 1.03 bits per heavy atom. The van der Waals surface area contributed by atoms with Gasteiger partial charge in [0.1, 0.15) is 6.04 Å². The van der Waals surface area contributed by atoms with Crippen molar-refractivity contribution in [3.05, 3.63) is 60.2 Å². The molecule has 1 saturated carbocycles. The molecule has 8 heteroatoms. The van der Waals surface area contributed by atoms with E-state index in [0.29, 0.717) is 5.69 Å². The van der Waals surface area contributed by atoms with Gasteiger partial charge >= 0.3 is 18.0 Å². The van der Waals surface area contributed by atoms with E-state index in [0.717, 1.165) is 31.4 Å². The van der Waals surface area contributed by atoms with Crippen molar-refractivity contribution in [3.8, 4) is 0 Å². The number of nitrogens with one attached hydrogen (secondary N) is 1. The zero-order valence-corrected chi connectivity index (χ0v) is 18.2. The molecule has 3 rings (SSSR count). The van der Waals surface area contributed by atoms with Gasteiger partial charge < -0.3 is 25.4 Å². The summed E-state index contributed by atoms with van der Waals surface area (Å²) in [6.45, 7) is 0.139. The van der Waals surface area contributed by atoms with Gasteiger partial charge in [-0.15, -0.1) is 0 Å². The molecule has 1 atom stereocenters. The number of para-hydroxylation sites is 2. The standard InChI is InChI=1S/C24H29N3O5/c1-31-23(29)20(26-24(30)32-22(28)17-10-4-2-5-11-17)16-27(18-12-6-3-7-13-18)21-15-9-8-14-19(21)25/h2,4-5,8-11,14-15,18,20H,3,6-7,12-13,16,25H2,1H3,(H,26,30)/t20-/m1/s1. The molecule has 0 radical (unpaired) electrons. The number of esters is 2. The molecule has 1 fully saturated rings. The van der Waals surface area contributed by atoms with E-state index in [1.165, 1.54) is 25.7 Å². The zero-order valence-electron chi connectivity index (χ0n) is 18.2. The summed E-state index contributed by atoms with van der Waals surface area (Å²) in [5.41, 5.74) is 7.85. The molecule has 0 aliphatic heterocycles. The molecular weight excluding hydrogens is 410 g/mol. The van der Waals surface area contributed by atoms with Gasteiger partial charge in [0.15, 0.2) is 0 Å². The van der Waals surface area contributed by atoms with Crippen LogP contribution in [0.15, 0.2) is 54.6 Å². The minimum atomic E-state index is -1.04. The normalized spacial score (nSPS) is 14.8. The van der Waals surface area contributed by atoms with Crippen molar-refractivity contribution in [2.75, 3.05) is 24.3 Å². The predicted octanol–water partition coefficient (Wildman–Crippen LogP) is 3.52. The summed E-state index contributed by atoms with van der Waals surface area (Å²) in [7, 11) is 1.25. The lowest BCUT2D eigenvalue weighted by Crippen LogP contribution is -2.52. The number of carbonyl (C=O) groups excluding carboxylic acids is 3. The second-order valence-corrected chi connectivity index (χ2v) is 7.77. The van der Waals surface area contributed by atoms with Crippen LogP contribution < -0.4 is 16.0 Å². The third-order valence-electron chi connectivity index (χ3n) is 5.61. The lowest BCUT2D eigenvalue weighted by Gasteiger charge is -2.38. The topological polar surface area (TPSA) is 111 Å². The van der Waals surface area contributed by atoms with E-state index in [1.807, 2.05) is 18.2 Å². The van der Waals surface area contributed by atoms with Crippen molar-refractivity contribution in [1.82, 2.24) is 5.32 Å². The molecule has 1 amide bonds. The molecule has 3 N–H and O–H groups in total. The zero-order chi connectivity index (χ0) is 22.9. The molecule has 0 aromatic heterocycles. The summed E-state index contributed by atoms with van der Waals surface area (Å²) >= 11 is 0. The number of benzene rings is 2. The van der Waals surface area contributed by atoms with E-state index in [9.17, 15) is 14.4 Å². The van der Waals surface area contributed by atoms with Crippen molar-refractivity contribution < 1.29 is 23.9 Å². The Bertz CT molecular complexity index is 928. The van der Waals surface area contributed by atoms with Crippen molar-refractivity contribution >= 4 is 29.4 Å². The Kier molecular flexibility index (Phi) is 8.08. The number of alkyl carbamates (subject to hydrolysis) is 1. The van der Waals surface area contributed by atoms with Crippen LogP contribution in [0.2, 0.25) is 0 Å². The Morgan fingerprint density at radius 3 is 2.34 bits per heavy atom. The van der Waals surface area contributed by atoms with Crippen LogP contribution in [0.1, 0.15) is 42.5 Å². The second-order valence-electron chi connectivity index (χ2n) is 7.77. The van der Waals surface area contributed by atoms with Crippen LogP contribution in [-0.2, 0) is 14.3 Å². The molecule has 0 bridgehead atoms. The highest BCUT2D eigenvalue weighted by molar-refractivity contribution is 5.97. The predicted molar refractivity (Wildman–Crippen MR) is 121 cm³/mol. The van der Waals surface area contributed by atoms with Crippen molar-refractivity contribution in [3.63, 3.8) is 0 Å². The van der Waals surface area contributed by atoms with Gasteiger partial charge in [0.05, 0.1) is 24.0 Å². The number of methoxy groups -OCH3 is 1. The molecule has 2 aromatic rings. The number of carbonyl (C=O) groups is 3. The molecule has 0 heterocycles. The molecule has 2 aromatic carbocycles. The molecule has 8 nitrogen and oxygen atoms in total. The number of nitrogens with zero attached hydrogens (tertiary/aromatic N) is 1. The van der Waals surface area contributed by atoms with Crippen LogP contribution in [0.4, 0.5) is 16.2 Å². The smallest absolute Gasteiger partial charge is 0.415 e. The Hall–Kier alpha value is -3.55. The molecule has 0 saturated heterocycles. The number of rotatable bonds is 7. The van der Waals surface area contributed by atoms with Crippen LogP contribution in [0.3, 0.4) is 0 Å². The number of nitrogen functional groups attached to an aromatic ring is 1. The van der Waals surface area contributed by atoms with E-state index >= 15 is 0 Å². The third-order valence-corrected chi connectivity index (χ3v) is 5.61. The number of anilines is 2. The summed E-state index contributed by atoms with van der Waals surface area (Å²) in [6.07, 6.45) is 4.23. The van der Waals surface area contributed by atoms with Gasteiger partial charge in [0.25, 0.3) is 0 Å². The molecular formula is C24H29N3O5. The van der Waals surface area contributed by atoms with Crippen LogP contribution in [0.25, 0.3) is 0 Å². The summed E-state index contributed by atoms with van der Waals surface area (Å²) < 4.78 is 9.78. The van der Waals surface area contributed by atoms with Crippen molar-refractivity contribution in [2.45, 2.75) is 44.2 Å². The van der Waals surface area contributed by atoms with Gasteiger partial charge in [-0.25, -0.2) is 14.4 Å². The monoisotopic (exact) mass is 439 g/mol. The Balaban J connectivity index is 1.77. The van der Waals surface area contributed by atoms with Crippen molar-refractivity contribution in [1.29, 1.82) is 0 Å². The average Bonchev–Trinajstić information content (AvgIpc) is 2.83. The first-order chi connectivity index (χ1) is 15.5. The minimum absolute atomic E-state index is 0.139. The maximum atomic E-state index is 12.5. The van der Waals surface area contributed by atoms with E-state index < -0.39 is 24.1 Å². The van der Waals surface area contributed by atoms with Gasteiger partial charge in [0.2, 0.25) is 0 Å². The lowest BCUT2D eigenvalue weighted by atomic mass is 9.93. The van der Waals surface area contributed by atoms with Gasteiger partial charge in [-0.05, 0) is 37.1 Å². The first kappa shape index (κ1) is 23.1. The molecule has 32 heavy (non-hydrogen) atoms. The van der Waals surface area contributed by atoms with Crippen molar-refractivity contribution in [2.24, 2.45) is 0 Å². The number of amides is 1. The fourth-order valence-electron chi connectivity index (χ4n) is 3.99. The first-order valence-corrected chi connectivity index (χ1v) is 10.8. The van der Waals surface area contributed by atoms with Gasteiger partial charge in [-0.3, -0.25) is 0 Å². The third kappa shape index (κ3) is 6.00. The fraction of sp³-hybridized carbons (Fsp3) is 0.375. The van der Waals surface area contributed by atoms with Crippen LogP contribution in [0.5, 0.6) is 0 Å². The summed E-state index contributed by atoms with van der Waals surface area (Å²) in [5, 5.41) is 2.49. The average molecular weight is 440 g/mol. The SMILES string of the molecule is COC(=O)[C@@H](CN(c1ccccc1N)C1CCCCC1)NC(=O)OC(=O)c1ccccc1. The lowest BCUT2D eigenvalue weighted by molar-refractivity contribution is -0.142. The van der Waals surface area contributed by atoms with Crippen LogP contribution in [0, 0.1) is 0 Å².